The number of hydrogen-bond donors (Lipinski definition) is 1. The highest BCUT2D eigenvalue weighted by Gasteiger charge is 2.21. The van der Waals surface area contributed by atoms with Crippen molar-refractivity contribution >= 4 is 23.4 Å². The molecule has 0 spiro atoms. The Labute approximate surface area is 192 Å². The molecule has 0 bridgehead atoms. The predicted octanol–water partition coefficient (Wildman–Crippen LogP) is 5.83. The van der Waals surface area contributed by atoms with Gasteiger partial charge in [-0.15, -0.1) is 10.2 Å². The lowest BCUT2D eigenvalue weighted by molar-refractivity contribution is -0.115. The van der Waals surface area contributed by atoms with Crippen LogP contribution in [0.1, 0.15) is 37.8 Å². The lowest BCUT2D eigenvalue weighted by Gasteiger charge is -2.14. The molecule has 0 aliphatic carbocycles. The van der Waals surface area contributed by atoms with Crippen LogP contribution in [0, 0.1) is 0 Å². The quantitative estimate of drug-likeness (QED) is 0.345. The monoisotopic (exact) mass is 446 g/mol. The van der Waals surface area contributed by atoms with Crippen molar-refractivity contribution in [3.05, 3.63) is 84.3 Å². The normalized spacial score (nSPS) is 12.1. The third kappa shape index (κ3) is 5.11. The number of aromatic nitrogens is 3. The molecule has 0 saturated heterocycles. The fourth-order valence-electron chi connectivity index (χ4n) is 3.30. The molecule has 1 N–H and O–H groups in total. The summed E-state index contributed by atoms with van der Waals surface area (Å²) in [5.41, 5.74) is 4.01. The first-order valence-corrected chi connectivity index (χ1v) is 11.5. The minimum absolute atomic E-state index is 0.0774. The molecule has 164 valence electrons. The number of amides is 1. The summed E-state index contributed by atoms with van der Waals surface area (Å²) >= 11 is 1.39. The van der Waals surface area contributed by atoms with Crippen molar-refractivity contribution in [2.45, 2.75) is 43.6 Å². The lowest BCUT2D eigenvalue weighted by Crippen LogP contribution is -2.23. The molecule has 0 saturated carbocycles. The van der Waals surface area contributed by atoms with Gasteiger partial charge in [0.25, 0.3) is 0 Å². The molecule has 32 heavy (non-hydrogen) atoms. The van der Waals surface area contributed by atoms with E-state index in [0.29, 0.717) is 23.4 Å². The Morgan fingerprint density at radius 2 is 1.78 bits per heavy atom. The number of carbonyl (C=O) groups excluding carboxylic acids is 1. The summed E-state index contributed by atoms with van der Waals surface area (Å²) in [7, 11) is 0. The van der Waals surface area contributed by atoms with Crippen LogP contribution in [0.4, 0.5) is 5.69 Å². The molecule has 0 aliphatic rings. The van der Waals surface area contributed by atoms with Gasteiger partial charge in [0.1, 0.15) is 6.26 Å². The smallest absolute Gasteiger partial charge is 0.237 e. The summed E-state index contributed by atoms with van der Waals surface area (Å²) in [5.74, 6) is 1.09. The van der Waals surface area contributed by atoms with Crippen molar-refractivity contribution in [2.24, 2.45) is 0 Å². The van der Waals surface area contributed by atoms with Crippen molar-refractivity contribution in [3.8, 4) is 11.4 Å². The van der Waals surface area contributed by atoms with Crippen molar-refractivity contribution in [1.29, 1.82) is 0 Å². The van der Waals surface area contributed by atoms with E-state index in [9.17, 15) is 4.79 Å². The van der Waals surface area contributed by atoms with Crippen LogP contribution in [0.5, 0.6) is 0 Å². The highest BCUT2D eigenvalue weighted by atomic mass is 32.2. The summed E-state index contributed by atoms with van der Waals surface area (Å²) in [5, 5.41) is 12.1. The first kappa shape index (κ1) is 21.9. The van der Waals surface area contributed by atoms with Crippen LogP contribution >= 0.6 is 11.8 Å². The minimum atomic E-state index is -0.351. The Balaban J connectivity index is 1.52. The number of carbonyl (C=O) groups is 1. The zero-order valence-electron chi connectivity index (χ0n) is 18.4. The topological polar surface area (TPSA) is 73.0 Å². The van der Waals surface area contributed by atoms with E-state index in [1.54, 1.807) is 12.5 Å². The van der Waals surface area contributed by atoms with E-state index < -0.39 is 0 Å². The second-order valence-corrected chi connectivity index (χ2v) is 9.22. The lowest BCUT2D eigenvalue weighted by atomic mass is 10.0. The fraction of sp³-hybridized carbons (Fsp3) is 0.240. The number of benzene rings is 2. The van der Waals surface area contributed by atoms with Crippen LogP contribution in [0.3, 0.4) is 0 Å². The average molecular weight is 447 g/mol. The highest BCUT2D eigenvalue weighted by molar-refractivity contribution is 8.00. The van der Waals surface area contributed by atoms with Crippen LogP contribution in [-0.4, -0.2) is 25.9 Å². The SMILES string of the molecule is CC(Sc1nnc(-c2ccoc2)n1Cc1ccccc1)C(=O)Nc1ccc(C(C)C)cc1. The largest absolute Gasteiger partial charge is 0.472 e. The molecule has 1 amide bonds. The van der Waals surface area contributed by atoms with E-state index in [-0.39, 0.29) is 11.2 Å². The minimum Gasteiger partial charge on any atom is -0.472 e. The first-order valence-electron chi connectivity index (χ1n) is 10.6. The summed E-state index contributed by atoms with van der Waals surface area (Å²) in [4.78, 5) is 12.8. The number of thioether (sulfide) groups is 1. The number of anilines is 1. The second kappa shape index (κ2) is 9.87. The van der Waals surface area contributed by atoms with Gasteiger partial charge in [0.15, 0.2) is 11.0 Å². The van der Waals surface area contributed by atoms with E-state index >= 15 is 0 Å². The van der Waals surface area contributed by atoms with Gasteiger partial charge in [-0.3, -0.25) is 9.36 Å². The van der Waals surface area contributed by atoms with Crippen molar-refractivity contribution in [3.63, 3.8) is 0 Å². The highest BCUT2D eigenvalue weighted by Crippen LogP contribution is 2.28. The molecule has 1 atom stereocenters. The van der Waals surface area contributed by atoms with Gasteiger partial charge in [-0.25, -0.2) is 0 Å². The number of rotatable bonds is 8. The standard InChI is InChI=1S/C25H26N4O2S/c1-17(2)20-9-11-22(12-10-20)26-24(30)18(3)32-25-28-27-23(21-13-14-31-16-21)29(25)15-19-7-5-4-6-8-19/h4-14,16-18H,15H2,1-3H3,(H,26,30). The van der Waals surface area contributed by atoms with Crippen LogP contribution in [0.25, 0.3) is 11.4 Å². The number of nitrogens with one attached hydrogen (secondary N) is 1. The summed E-state index contributed by atoms with van der Waals surface area (Å²) in [6, 6.07) is 20.0. The molecule has 2 heterocycles. The molecule has 2 aromatic heterocycles. The third-order valence-corrected chi connectivity index (χ3v) is 6.26. The Bertz CT molecular complexity index is 1150. The fourth-order valence-corrected chi connectivity index (χ4v) is 4.14. The molecule has 0 radical (unpaired) electrons. The van der Waals surface area contributed by atoms with Gasteiger partial charge in [0.05, 0.1) is 23.6 Å². The predicted molar refractivity (Wildman–Crippen MR) is 128 cm³/mol. The maximum absolute atomic E-state index is 12.8. The summed E-state index contributed by atoms with van der Waals surface area (Å²) < 4.78 is 7.26. The van der Waals surface area contributed by atoms with Crippen LogP contribution in [0.2, 0.25) is 0 Å². The van der Waals surface area contributed by atoms with E-state index in [4.69, 9.17) is 4.42 Å². The molecule has 0 aliphatic heterocycles. The molecule has 2 aromatic carbocycles. The summed E-state index contributed by atoms with van der Waals surface area (Å²) in [6.45, 7) is 6.77. The zero-order chi connectivity index (χ0) is 22.5. The third-order valence-electron chi connectivity index (χ3n) is 5.18. The van der Waals surface area contributed by atoms with Gasteiger partial charge in [0, 0.05) is 5.69 Å². The van der Waals surface area contributed by atoms with Gasteiger partial charge >= 0.3 is 0 Å². The number of furan rings is 1. The van der Waals surface area contributed by atoms with Crippen molar-refractivity contribution < 1.29 is 9.21 Å². The van der Waals surface area contributed by atoms with Gasteiger partial charge in [-0.2, -0.15) is 0 Å². The van der Waals surface area contributed by atoms with Crippen LogP contribution in [-0.2, 0) is 11.3 Å². The van der Waals surface area contributed by atoms with Crippen molar-refractivity contribution in [2.75, 3.05) is 5.32 Å². The number of nitrogens with zero attached hydrogens (tertiary/aromatic N) is 3. The molecule has 1 unspecified atom stereocenters. The van der Waals surface area contributed by atoms with Gasteiger partial charge in [-0.1, -0.05) is 68.1 Å². The molecule has 0 fully saturated rings. The maximum Gasteiger partial charge on any atom is 0.237 e. The Kier molecular flexibility index (Phi) is 6.75. The molecular weight excluding hydrogens is 420 g/mol. The van der Waals surface area contributed by atoms with Gasteiger partial charge < -0.3 is 9.73 Å². The molecule has 4 aromatic rings. The molecule has 7 heteroatoms. The Morgan fingerprint density at radius 3 is 2.44 bits per heavy atom. The van der Waals surface area contributed by atoms with E-state index in [2.05, 4.69) is 41.5 Å². The van der Waals surface area contributed by atoms with Crippen LogP contribution < -0.4 is 5.32 Å². The first-order chi connectivity index (χ1) is 15.5. The van der Waals surface area contributed by atoms with Crippen LogP contribution in [0.15, 0.2) is 82.8 Å². The average Bonchev–Trinajstić information content (AvgIpc) is 3.45. The van der Waals surface area contributed by atoms with Gasteiger partial charge in [0.2, 0.25) is 5.91 Å². The Morgan fingerprint density at radius 1 is 1.03 bits per heavy atom. The second-order valence-electron chi connectivity index (χ2n) is 7.92. The Hall–Kier alpha value is -3.32. The molecular formula is C25H26N4O2S. The van der Waals surface area contributed by atoms with E-state index in [1.807, 2.05) is 60.0 Å². The van der Waals surface area contributed by atoms with Gasteiger partial charge in [-0.05, 0) is 42.2 Å². The van der Waals surface area contributed by atoms with E-state index in [0.717, 1.165) is 16.8 Å². The molecule has 4 rings (SSSR count). The maximum atomic E-state index is 12.8. The van der Waals surface area contributed by atoms with Crippen molar-refractivity contribution in [1.82, 2.24) is 14.8 Å². The number of hydrogen-bond acceptors (Lipinski definition) is 5. The zero-order valence-corrected chi connectivity index (χ0v) is 19.2. The summed E-state index contributed by atoms with van der Waals surface area (Å²) in [6.07, 6.45) is 3.27. The molecule has 6 nitrogen and oxygen atoms in total. The van der Waals surface area contributed by atoms with E-state index in [1.165, 1.54) is 17.3 Å².